The number of morpholine rings is 1. The van der Waals surface area contributed by atoms with Crippen LogP contribution in [0.3, 0.4) is 0 Å². The fourth-order valence-corrected chi connectivity index (χ4v) is 4.82. The van der Waals surface area contributed by atoms with Gasteiger partial charge in [0.2, 0.25) is 0 Å². The third kappa shape index (κ3) is 6.84. The van der Waals surface area contributed by atoms with E-state index >= 15 is 0 Å². The lowest BCUT2D eigenvalue weighted by molar-refractivity contribution is 0.0367. The van der Waals surface area contributed by atoms with Crippen LogP contribution in [0.25, 0.3) is 10.9 Å². The number of rotatable bonds is 10. The molecular formula is C25H36N4O5S. The van der Waals surface area contributed by atoms with Crippen LogP contribution in [-0.4, -0.2) is 92.8 Å². The van der Waals surface area contributed by atoms with Crippen molar-refractivity contribution in [2.45, 2.75) is 31.9 Å². The summed E-state index contributed by atoms with van der Waals surface area (Å²) in [6.07, 6.45) is 3.26. The molecule has 2 aliphatic heterocycles. The molecule has 0 spiro atoms. The highest BCUT2D eigenvalue weighted by Crippen LogP contribution is 2.31. The Labute approximate surface area is 211 Å². The summed E-state index contributed by atoms with van der Waals surface area (Å²) in [7, 11) is 3.18. The number of hydrogen-bond donors (Lipinski definition) is 2. The van der Waals surface area contributed by atoms with E-state index in [1.165, 1.54) is 0 Å². The normalized spacial score (nSPS) is 18.5. The Balaban J connectivity index is 1.49. The molecule has 2 fully saturated rings. The Hall–Kier alpha value is -2.40. The summed E-state index contributed by atoms with van der Waals surface area (Å²) in [6.45, 7) is 7.11. The molecule has 2 saturated heterocycles. The van der Waals surface area contributed by atoms with Crippen LogP contribution in [0.2, 0.25) is 0 Å². The molecule has 9 nitrogen and oxygen atoms in total. The number of ether oxygens (including phenoxy) is 4. The van der Waals surface area contributed by atoms with Crippen LogP contribution in [0.15, 0.2) is 23.0 Å². The molecule has 2 aromatic rings. The van der Waals surface area contributed by atoms with Crippen molar-refractivity contribution in [2.24, 2.45) is 0 Å². The molecule has 192 valence electrons. The van der Waals surface area contributed by atoms with Crippen LogP contribution in [0.5, 0.6) is 11.5 Å². The standard InChI is InChI=1S/C25H36N4O5S/c1-31-22-14-18-13-19(24(30)27-21(18)15-23(22)32-2)17-29(7-4-6-28-8-11-33-12-9-28)25(35)26-16-20-5-3-10-34-20/h13-15,20H,3-12,16-17H2,1-2H3,(H,26,35)(H,27,30). The third-order valence-electron chi connectivity index (χ3n) is 6.58. The zero-order valence-corrected chi connectivity index (χ0v) is 21.5. The number of fused-ring (bicyclic) bond motifs is 1. The molecule has 0 saturated carbocycles. The molecule has 1 unspecified atom stereocenters. The Bertz CT molecular complexity index is 1050. The molecule has 1 aromatic carbocycles. The van der Waals surface area contributed by atoms with Crippen molar-refractivity contribution in [3.63, 3.8) is 0 Å². The van der Waals surface area contributed by atoms with Gasteiger partial charge in [-0.25, -0.2) is 0 Å². The average molecular weight is 505 g/mol. The summed E-state index contributed by atoms with van der Waals surface area (Å²) in [5.74, 6) is 1.20. The van der Waals surface area contributed by atoms with Crippen LogP contribution in [0, 0.1) is 0 Å². The minimum atomic E-state index is -0.134. The minimum Gasteiger partial charge on any atom is -0.493 e. The van der Waals surface area contributed by atoms with Gasteiger partial charge < -0.3 is 34.1 Å². The topological polar surface area (TPSA) is 88.3 Å². The van der Waals surface area contributed by atoms with E-state index in [0.29, 0.717) is 40.8 Å². The van der Waals surface area contributed by atoms with Gasteiger partial charge in [-0.1, -0.05) is 0 Å². The summed E-state index contributed by atoms with van der Waals surface area (Å²) < 4.78 is 22.0. The van der Waals surface area contributed by atoms with Gasteiger partial charge in [-0.15, -0.1) is 0 Å². The predicted octanol–water partition coefficient (Wildman–Crippen LogP) is 2.12. The monoisotopic (exact) mass is 504 g/mol. The number of nitrogens with zero attached hydrogens (tertiary/aromatic N) is 2. The van der Waals surface area contributed by atoms with Crippen molar-refractivity contribution < 1.29 is 18.9 Å². The number of nitrogens with one attached hydrogen (secondary N) is 2. The van der Waals surface area contributed by atoms with Crippen molar-refractivity contribution in [3.8, 4) is 11.5 Å². The van der Waals surface area contributed by atoms with E-state index in [-0.39, 0.29) is 11.7 Å². The number of benzene rings is 1. The first-order valence-corrected chi connectivity index (χ1v) is 12.7. The van der Waals surface area contributed by atoms with Gasteiger partial charge in [0.05, 0.1) is 45.6 Å². The van der Waals surface area contributed by atoms with Gasteiger partial charge in [0.15, 0.2) is 16.6 Å². The van der Waals surface area contributed by atoms with Crippen molar-refractivity contribution in [1.82, 2.24) is 20.1 Å². The number of thiocarbonyl (C=S) groups is 1. The number of aromatic nitrogens is 1. The smallest absolute Gasteiger partial charge is 0.253 e. The van der Waals surface area contributed by atoms with Gasteiger partial charge in [-0.3, -0.25) is 9.69 Å². The van der Waals surface area contributed by atoms with Crippen molar-refractivity contribution in [2.75, 3.05) is 66.8 Å². The highest BCUT2D eigenvalue weighted by Gasteiger charge is 2.19. The van der Waals surface area contributed by atoms with E-state index < -0.39 is 0 Å². The lowest BCUT2D eigenvalue weighted by atomic mass is 10.1. The fraction of sp³-hybridized carbons (Fsp3) is 0.600. The molecule has 10 heteroatoms. The number of hydrogen-bond acceptors (Lipinski definition) is 7. The Morgan fingerprint density at radius 3 is 2.69 bits per heavy atom. The summed E-state index contributed by atoms with van der Waals surface area (Å²) in [6, 6.07) is 5.57. The fourth-order valence-electron chi connectivity index (χ4n) is 4.58. The molecular weight excluding hydrogens is 468 g/mol. The van der Waals surface area contributed by atoms with Gasteiger partial charge in [0, 0.05) is 56.3 Å². The Morgan fingerprint density at radius 1 is 1.20 bits per heavy atom. The lowest BCUT2D eigenvalue weighted by Crippen LogP contribution is -2.44. The predicted molar refractivity (Wildman–Crippen MR) is 140 cm³/mol. The third-order valence-corrected chi connectivity index (χ3v) is 6.99. The maximum atomic E-state index is 13.0. The molecule has 0 bridgehead atoms. The van der Waals surface area contributed by atoms with E-state index in [1.807, 2.05) is 12.1 Å². The zero-order chi connectivity index (χ0) is 24.6. The molecule has 1 atom stereocenters. The van der Waals surface area contributed by atoms with E-state index in [4.69, 9.17) is 31.2 Å². The number of methoxy groups -OCH3 is 2. The van der Waals surface area contributed by atoms with E-state index in [0.717, 1.165) is 70.6 Å². The second-order valence-corrected chi connectivity index (χ2v) is 9.36. The van der Waals surface area contributed by atoms with E-state index in [9.17, 15) is 4.79 Å². The van der Waals surface area contributed by atoms with Gasteiger partial charge >= 0.3 is 0 Å². The molecule has 0 aliphatic carbocycles. The molecule has 4 rings (SSSR count). The van der Waals surface area contributed by atoms with Crippen LogP contribution in [0.1, 0.15) is 24.8 Å². The quantitative estimate of drug-likeness (QED) is 0.473. The number of H-pyrrole nitrogens is 1. The molecule has 3 heterocycles. The largest absolute Gasteiger partial charge is 0.493 e. The SMILES string of the molecule is COc1cc2cc(CN(CCCN3CCOCC3)C(=S)NCC3CCCO3)c(=O)[nH]c2cc1OC. The van der Waals surface area contributed by atoms with Gasteiger partial charge in [-0.2, -0.15) is 0 Å². The minimum absolute atomic E-state index is 0.134. The molecule has 0 radical (unpaired) electrons. The van der Waals surface area contributed by atoms with Crippen molar-refractivity contribution >= 4 is 28.2 Å². The van der Waals surface area contributed by atoms with Gasteiger partial charge in [-0.05, 0) is 43.6 Å². The second-order valence-electron chi connectivity index (χ2n) is 8.97. The highest BCUT2D eigenvalue weighted by molar-refractivity contribution is 7.80. The molecule has 1 aromatic heterocycles. The van der Waals surface area contributed by atoms with Crippen molar-refractivity contribution in [3.05, 3.63) is 34.1 Å². The first kappa shape index (κ1) is 25.7. The zero-order valence-electron chi connectivity index (χ0n) is 20.6. The van der Waals surface area contributed by atoms with Gasteiger partial charge in [0.1, 0.15) is 0 Å². The Morgan fingerprint density at radius 2 is 1.97 bits per heavy atom. The summed E-state index contributed by atoms with van der Waals surface area (Å²) in [5, 5.41) is 4.90. The maximum Gasteiger partial charge on any atom is 0.253 e. The summed E-state index contributed by atoms with van der Waals surface area (Å²) >= 11 is 5.77. The lowest BCUT2D eigenvalue weighted by Gasteiger charge is -2.30. The second kappa shape index (κ2) is 12.5. The van der Waals surface area contributed by atoms with Crippen LogP contribution in [-0.2, 0) is 16.0 Å². The molecule has 2 aliphatic rings. The molecule has 0 amide bonds. The summed E-state index contributed by atoms with van der Waals surface area (Å²) in [5.41, 5.74) is 1.22. The average Bonchev–Trinajstić information content (AvgIpc) is 3.40. The maximum absolute atomic E-state index is 13.0. The number of pyridine rings is 1. The molecule has 2 N–H and O–H groups in total. The van der Waals surface area contributed by atoms with Crippen molar-refractivity contribution in [1.29, 1.82) is 0 Å². The van der Waals surface area contributed by atoms with Gasteiger partial charge in [0.25, 0.3) is 5.56 Å². The van der Waals surface area contributed by atoms with Crippen LogP contribution < -0.4 is 20.3 Å². The number of aromatic amines is 1. The summed E-state index contributed by atoms with van der Waals surface area (Å²) in [4.78, 5) is 20.5. The van der Waals surface area contributed by atoms with Crippen LogP contribution in [0.4, 0.5) is 0 Å². The first-order chi connectivity index (χ1) is 17.1. The van der Waals surface area contributed by atoms with Crippen LogP contribution >= 0.6 is 12.2 Å². The van der Waals surface area contributed by atoms with E-state index in [1.54, 1.807) is 20.3 Å². The highest BCUT2D eigenvalue weighted by atomic mass is 32.1. The van der Waals surface area contributed by atoms with E-state index in [2.05, 4.69) is 20.1 Å². The first-order valence-electron chi connectivity index (χ1n) is 12.3. The Kier molecular flexibility index (Phi) is 9.19. The molecule has 35 heavy (non-hydrogen) atoms.